The second kappa shape index (κ2) is 10.8. The first-order valence-electron chi connectivity index (χ1n) is 9.01. The monoisotopic (exact) mass is 368 g/mol. The molecule has 1 aliphatic rings. The molecule has 3 rings (SSSR count). The Balaban J connectivity index is 0.000000208. The number of carboxylic acids is 1. The lowest BCUT2D eigenvalue weighted by molar-refractivity contribution is -0.131. The number of phenols is 1. The molecule has 2 aromatic carbocycles. The third-order valence-electron chi connectivity index (χ3n) is 4.17. The highest BCUT2D eigenvalue weighted by Gasteiger charge is 2.20. The van der Waals surface area contributed by atoms with Crippen LogP contribution in [0, 0.1) is 0 Å². The number of carbonyl (C=O) groups excluding carboxylic acids is 1. The number of hydrogen-bond acceptors (Lipinski definition) is 4. The van der Waals surface area contributed by atoms with Gasteiger partial charge in [0.25, 0.3) is 0 Å². The van der Waals surface area contributed by atoms with E-state index in [4.69, 9.17) is 9.84 Å². The maximum absolute atomic E-state index is 11.8. The van der Waals surface area contributed by atoms with Crippen molar-refractivity contribution in [2.24, 2.45) is 0 Å². The Labute approximate surface area is 158 Å². The quantitative estimate of drug-likeness (QED) is 0.605. The van der Waals surface area contributed by atoms with Gasteiger partial charge in [-0.05, 0) is 49.5 Å². The molecule has 0 bridgehead atoms. The van der Waals surface area contributed by atoms with E-state index in [0.29, 0.717) is 0 Å². The van der Waals surface area contributed by atoms with Crippen LogP contribution in [0.4, 0.5) is 0 Å². The molecule has 0 heterocycles. The van der Waals surface area contributed by atoms with E-state index in [1.807, 2.05) is 30.3 Å². The number of phenolic OH excluding ortho intramolecular Hbond substituents is 1. The number of ether oxygens (including phenoxy) is 1. The highest BCUT2D eigenvalue weighted by Crippen LogP contribution is 2.23. The van der Waals surface area contributed by atoms with E-state index in [1.165, 1.54) is 12.5 Å². The normalized spacial score (nSPS) is 14.2. The molecule has 0 spiro atoms. The van der Waals surface area contributed by atoms with Crippen LogP contribution in [-0.4, -0.2) is 28.3 Å². The standard InChI is InChI=1S/C13H16O3.C9H8O2/c14-12-9-5-4-8-11(12)13(15)16-10-6-2-1-3-7-10;10-9(11)7-6-8-4-2-1-3-5-8/h4-5,8-10,14H,1-3,6-7H2;1-7H,(H,10,11). The third kappa shape index (κ3) is 7.36. The van der Waals surface area contributed by atoms with Gasteiger partial charge in [-0.15, -0.1) is 0 Å². The lowest BCUT2D eigenvalue weighted by Crippen LogP contribution is -2.20. The first-order valence-corrected chi connectivity index (χ1v) is 9.01. The molecule has 1 aliphatic carbocycles. The van der Waals surface area contributed by atoms with Gasteiger partial charge in [-0.25, -0.2) is 9.59 Å². The van der Waals surface area contributed by atoms with E-state index in [9.17, 15) is 14.7 Å². The van der Waals surface area contributed by atoms with Gasteiger partial charge >= 0.3 is 11.9 Å². The number of rotatable bonds is 4. The molecular weight excluding hydrogens is 344 g/mol. The van der Waals surface area contributed by atoms with Crippen LogP contribution in [0.15, 0.2) is 60.7 Å². The summed E-state index contributed by atoms with van der Waals surface area (Å²) in [7, 11) is 0. The van der Waals surface area contributed by atoms with E-state index in [1.54, 1.807) is 24.3 Å². The van der Waals surface area contributed by atoms with Crippen molar-refractivity contribution in [3.05, 3.63) is 71.8 Å². The molecule has 0 unspecified atom stereocenters. The minimum atomic E-state index is -0.922. The highest BCUT2D eigenvalue weighted by molar-refractivity contribution is 5.92. The number of benzene rings is 2. The lowest BCUT2D eigenvalue weighted by atomic mass is 9.98. The molecule has 142 valence electrons. The number of esters is 1. The molecule has 1 fully saturated rings. The van der Waals surface area contributed by atoms with Gasteiger partial charge in [-0.1, -0.05) is 48.9 Å². The molecule has 27 heavy (non-hydrogen) atoms. The van der Waals surface area contributed by atoms with Crippen molar-refractivity contribution < 1.29 is 24.5 Å². The van der Waals surface area contributed by atoms with Crippen molar-refractivity contribution >= 4 is 18.0 Å². The summed E-state index contributed by atoms with van der Waals surface area (Å²) in [5.41, 5.74) is 1.16. The van der Waals surface area contributed by atoms with Gasteiger partial charge in [-0.3, -0.25) is 0 Å². The van der Waals surface area contributed by atoms with Crippen LogP contribution in [0.1, 0.15) is 48.0 Å². The predicted octanol–water partition coefficient (Wildman–Crippen LogP) is 4.67. The minimum Gasteiger partial charge on any atom is -0.507 e. The van der Waals surface area contributed by atoms with Gasteiger partial charge in [0.15, 0.2) is 0 Å². The van der Waals surface area contributed by atoms with E-state index < -0.39 is 11.9 Å². The summed E-state index contributed by atoms with van der Waals surface area (Å²) in [5.74, 6) is -1.35. The van der Waals surface area contributed by atoms with Crippen molar-refractivity contribution in [3.63, 3.8) is 0 Å². The minimum absolute atomic E-state index is 0.0108. The van der Waals surface area contributed by atoms with Crippen molar-refractivity contribution in [3.8, 4) is 5.75 Å². The fourth-order valence-corrected chi connectivity index (χ4v) is 2.78. The van der Waals surface area contributed by atoms with Gasteiger partial charge < -0.3 is 14.9 Å². The second-order valence-electron chi connectivity index (χ2n) is 6.26. The lowest BCUT2D eigenvalue weighted by Gasteiger charge is -2.21. The van der Waals surface area contributed by atoms with Crippen LogP contribution in [0.2, 0.25) is 0 Å². The number of hydrogen-bond donors (Lipinski definition) is 2. The van der Waals surface area contributed by atoms with Crippen LogP contribution < -0.4 is 0 Å². The van der Waals surface area contributed by atoms with Crippen LogP contribution in [-0.2, 0) is 9.53 Å². The molecule has 0 aromatic heterocycles. The van der Waals surface area contributed by atoms with Crippen molar-refractivity contribution in [1.29, 1.82) is 0 Å². The maximum atomic E-state index is 11.8. The zero-order chi connectivity index (χ0) is 19.5. The summed E-state index contributed by atoms with van der Waals surface area (Å²) < 4.78 is 5.36. The van der Waals surface area contributed by atoms with E-state index >= 15 is 0 Å². The molecule has 5 heteroatoms. The first kappa shape index (κ1) is 20.2. The molecule has 0 radical (unpaired) electrons. The number of carboxylic acid groups (broad SMARTS) is 1. The predicted molar refractivity (Wildman–Crippen MR) is 104 cm³/mol. The molecule has 2 N–H and O–H groups in total. The Morgan fingerprint density at radius 3 is 2.19 bits per heavy atom. The smallest absolute Gasteiger partial charge is 0.342 e. The Hall–Kier alpha value is -3.08. The summed E-state index contributed by atoms with van der Waals surface area (Å²) in [6, 6.07) is 15.8. The number of aliphatic carboxylic acids is 1. The van der Waals surface area contributed by atoms with Gasteiger partial charge in [0.1, 0.15) is 17.4 Å². The Bertz CT molecular complexity index is 761. The van der Waals surface area contributed by atoms with Crippen molar-refractivity contribution in [1.82, 2.24) is 0 Å². The van der Waals surface area contributed by atoms with Crippen molar-refractivity contribution in [2.75, 3.05) is 0 Å². The average molecular weight is 368 g/mol. The topological polar surface area (TPSA) is 83.8 Å². The Kier molecular flexibility index (Phi) is 8.10. The molecule has 0 aliphatic heterocycles. The van der Waals surface area contributed by atoms with Crippen LogP contribution in [0.25, 0.3) is 6.08 Å². The molecule has 0 amide bonds. The van der Waals surface area contributed by atoms with Crippen LogP contribution in [0.3, 0.4) is 0 Å². The molecular formula is C22H24O5. The highest BCUT2D eigenvalue weighted by atomic mass is 16.5. The molecule has 5 nitrogen and oxygen atoms in total. The molecule has 1 saturated carbocycles. The van der Waals surface area contributed by atoms with E-state index in [2.05, 4.69) is 0 Å². The van der Waals surface area contributed by atoms with Gasteiger partial charge in [-0.2, -0.15) is 0 Å². The van der Waals surface area contributed by atoms with Gasteiger partial charge in [0.05, 0.1) is 0 Å². The van der Waals surface area contributed by atoms with Gasteiger partial charge in [0, 0.05) is 6.08 Å². The number of para-hydroxylation sites is 1. The van der Waals surface area contributed by atoms with Crippen molar-refractivity contribution in [2.45, 2.75) is 38.2 Å². The summed E-state index contributed by atoms with van der Waals surface area (Å²) in [6.45, 7) is 0. The Morgan fingerprint density at radius 1 is 0.926 bits per heavy atom. The largest absolute Gasteiger partial charge is 0.507 e. The third-order valence-corrected chi connectivity index (χ3v) is 4.17. The number of aromatic hydroxyl groups is 1. The summed E-state index contributed by atoms with van der Waals surface area (Å²) in [4.78, 5) is 21.8. The zero-order valence-electron chi connectivity index (χ0n) is 15.1. The summed E-state index contributed by atoms with van der Waals surface area (Å²) in [5, 5.41) is 17.8. The molecule has 2 aromatic rings. The van der Waals surface area contributed by atoms with Crippen LogP contribution >= 0.6 is 0 Å². The number of carbonyl (C=O) groups is 2. The maximum Gasteiger partial charge on any atom is 0.342 e. The Morgan fingerprint density at radius 2 is 1.56 bits per heavy atom. The van der Waals surface area contributed by atoms with Crippen LogP contribution in [0.5, 0.6) is 5.75 Å². The second-order valence-corrected chi connectivity index (χ2v) is 6.26. The summed E-state index contributed by atoms with van der Waals surface area (Å²) >= 11 is 0. The van der Waals surface area contributed by atoms with E-state index in [-0.39, 0.29) is 17.4 Å². The molecule has 0 saturated heterocycles. The fourth-order valence-electron chi connectivity index (χ4n) is 2.78. The van der Waals surface area contributed by atoms with Gasteiger partial charge in [0.2, 0.25) is 0 Å². The first-order chi connectivity index (χ1) is 13.1. The SMILES string of the molecule is O=C(O)C=Cc1ccccc1.O=C(OC1CCCCC1)c1ccccc1O. The fraction of sp³-hybridized carbons (Fsp3) is 0.273. The summed E-state index contributed by atoms with van der Waals surface area (Å²) in [6.07, 6.45) is 8.07. The molecule has 0 atom stereocenters. The zero-order valence-corrected chi connectivity index (χ0v) is 15.1. The van der Waals surface area contributed by atoms with E-state index in [0.717, 1.165) is 37.3 Å². The average Bonchev–Trinajstić information content (AvgIpc) is 2.69.